The summed E-state index contributed by atoms with van der Waals surface area (Å²) in [5.74, 6) is 2.20. The Morgan fingerprint density at radius 1 is 1.12 bits per heavy atom. The van der Waals surface area contributed by atoms with Gasteiger partial charge in [-0.2, -0.15) is 0 Å². The van der Waals surface area contributed by atoms with Gasteiger partial charge in [0.1, 0.15) is 5.82 Å². The molecule has 2 aliphatic rings. The van der Waals surface area contributed by atoms with Crippen LogP contribution in [-0.4, -0.2) is 32.2 Å². The Hall–Kier alpha value is -2.37. The van der Waals surface area contributed by atoms with Crippen LogP contribution in [0, 0.1) is 5.92 Å². The summed E-state index contributed by atoms with van der Waals surface area (Å²) >= 11 is 0. The minimum absolute atomic E-state index is 0.0106. The van der Waals surface area contributed by atoms with Crippen LogP contribution in [-0.2, 0) is 25.9 Å². The van der Waals surface area contributed by atoms with E-state index in [0.29, 0.717) is 6.54 Å². The molecule has 3 heterocycles. The molecule has 0 spiro atoms. The molecule has 1 aromatic heterocycles. The van der Waals surface area contributed by atoms with Gasteiger partial charge in [0.15, 0.2) is 5.82 Å². The average Bonchev–Trinajstić information content (AvgIpc) is 3.22. The van der Waals surface area contributed by atoms with Gasteiger partial charge in [-0.15, -0.1) is 10.2 Å². The molecular weight excluding hydrogens is 314 g/mol. The van der Waals surface area contributed by atoms with E-state index in [1.165, 1.54) is 11.1 Å². The number of hydrogen-bond acceptors (Lipinski definition) is 3. The lowest BCUT2D eigenvalue weighted by Crippen LogP contribution is -2.45. The number of rotatable bonds is 3. The number of benzene rings is 1. The fourth-order valence-electron chi connectivity index (χ4n) is 3.83. The van der Waals surface area contributed by atoms with Crippen LogP contribution in [0.15, 0.2) is 24.3 Å². The Morgan fingerprint density at radius 2 is 1.92 bits per heavy atom. The minimum Gasteiger partial charge on any atom is -0.328 e. The zero-order chi connectivity index (χ0) is 17.4. The van der Waals surface area contributed by atoms with Crippen LogP contribution in [0.5, 0.6) is 0 Å². The molecule has 6 nitrogen and oxygen atoms in total. The fraction of sp³-hybridized carbons (Fsp3) is 0.526. The third-order valence-corrected chi connectivity index (χ3v) is 5.28. The molecule has 1 aromatic carbocycles. The third kappa shape index (κ3) is 3.01. The number of carbonyl (C=O) groups is 1. The number of aromatic nitrogens is 3. The smallest absolute Gasteiger partial charge is 0.318 e. The molecule has 1 atom stereocenters. The van der Waals surface area contributed by atoms with Crippen LogP contribution in [0.25, 0.3) is 0 Å². The van der Waals surface area contributed by atoms with Crippen molar-refractivity contribution in [1.82, 2.24) is 25.0 Å². The third-order valence-electron chi connectivity index (χ3n) is 5.28. The largest absolute Gasteiger partial charge is 0.328 e. The Bertz CT molecular complexity index is 782. The molecule has 2 amide bonds. The molecule has 132 valence electrons. The molecule has 0 aliphatic carbocycles. The normalized spacial score (nSPS) is 17.3. The first-order chi connectivity index (χ1) is 12.1. The lowest BCUT2D eigenvalue weighted by Gasteiger charge is -2.31. The second-order valence-corrected chi connectivity index (χ2v) is 7.34. The van der Waals surface area contributed by atoms with Crippen molar-refractivity contribution >= 4 is 6.03 Å². The molecule has 2 aromatic rings. The molecule has 6 heteroatoms. The summed E-state index contributed by atoms with van der Waals surface area (Å²) in [4.78, 5) is 14.8. The number of fused-ring (bicyclic) bond motifs is 2. The lowest BCUT2D eigenvalue weighted by atomic mass is 10.00. The van der Waals surface area contributed by atoms with Crippen molar-refractivity contribution in [1.29, 1.82) is 0 Å². The van der Waals surface area contributed by atoms with Crippen LogP contribution in [0.4, 0.5) is 4.79 Å². The topological polar surface area (TPSA) is 63.1 Å². The number of amides is 2. The molecule has 0 saturated carbocycles. The molecule has 0 bridgehead atoms. The average molecular weight is 339 g/mol. The van der Waals surface area contributed by atoms with Gasteiger partial charge >= 0.3 is 6.03 Å². The van der Waals surface area contributed by atoms with Crippen molar-refractivity contribution < 1.29 is 4.79 Å². The number of carbonyl (C=O) groups excluding carboxylic acids is 1. The molecule has 0 saturated heterocycles. The SMILES string of the molecule is CC(C)C(NC(=O)N1CCc2ccccc2C1)c1nnc2n1CCC2. The van der Waals surface area contributed by atoms with Crippen molar-refractivity contribution in [3.63, 3.8) is 0 Å². The molecule has 0 radical (unpaired) electrons. The van der Waals surface area contributed by atoms with E-state index in [-0.39, 0.29) is 18.0 Å². The maximum absolute atomic E-state index is 12.9. The number of nitrogens with one attached hydrogen (secondary N) is 1. The highest BCUT2D eigenvalue weighted by Crippen LogP contribution is 2.25. The highest BCUT2D eigenvalue weighted by Gasteiger charge is 2.29. The monoisotopic (exact) mass is 339 g/mol. The highest BCUT2D eigenvalue weighted by molar-refractivity contribution is 5.75. The minimum atomic E-state index is -0.107. The fourth-order valence-corrected chi connectivity index (χ4v) is 3.83. The van der Waals surface area contributed by atoms with Crippen molar-refractivity contribution in [2.45, 2.75) is 52.2 Å². The molecule has 2 aliphatic heterocycles. The quantitative estimate of drug-likeness (QED) is 0.935. The number of hydrogen-bond donors (Lipinski definition) is 1. The summed E-state index contributed by atoms with van der Waals surface area (Å²) in [6.07, 6.45) is 3.00. The van der Waals surface area contributed by atoms with E-state index < -0.39 is 0 Å². The molecule has 25 heavy (non-hydrogen) atoms. The van der Waals surface area contributed by atoms with Gasteiger partial charge in [0.2, 0.25) is 0 Å². The number of nitrogens with zero attached hydrogens (tertiary/aromatic N) is 4. The maximum atomic E-state index is 12.9. The first-order valence-corrected chi connectivity index (χ1v) is 9.17. The van der Waals surface area contributed by atoms with Gasteiger partial charge in [-0.05, 0) is 29.9 Å². The van der Waals surface area contributed by atoms with Gasteiger partial charge < -0.3 is 14.8 Å². The van der Waals surface area contributed by atoms with E-state index in [1.807, 2.05) is 11.0 Å². The summed E-state index contributed by atoms with van der Waals surface area (Å²) < 4.78 is 2.18. The van der Waals surface area contributed by atoms with Crippen molar-refractivity contribution in [2.75, 3.05) is 6.54 Å². The van der Waals surface area contributed by atoms with Crippen LogP contribution in [0.3, 0.4) is 0 Å². The Labute approximate surface area is 148 Å². The maximum Gasteiger partial charge on any atom is 0.318 e. The van der Waals surface area contributed by atoms with Gasteiger partial charge in [-0.25, -0.2) is 4.79 Å². The van der Waals surface area contributed by atoms with Crippen molar-refractivity contribution in [3.05, 3.63) is 47.0 Å². The van der Waals surface area contributed by atoms with Crippen LogP contribution >= 0.6 is 0 Å². The zero-order valence-electron chi connectivity index (χ0n) is 14.9. The molecule has 0 fully saturated rings. The van der Waals surface area contributed by atoms with Crippen LogP contribution in [0.1, 0.15) is 49.1 Å². The van der Waals surface area contributed by atoms with E-state index in [2.05, 4.69) is 52.1 Å². The summed E-state index contributed by atoms with van der Waals surface area (Å²) in [5.41, 5.74) is 2.59. The Morgan fingerprint density at radius 3 is 2.72 bits per heavy atom. The first kappa shape index (κ1) is 16.1. The van der Waals surface area contributed by atoms with Crippen LogP contribution in [0.2, 0.25) is 0 Å². The van der Waals surface area contributed by atoms with Gasteiger partial charge in [0, 0.05) is 26.1 Å². The van der Waals surface area contributed by atoms with Gasteiger partial charge in [0.05, 0.1) is 6.04 Å². The number of urea groups is 1. The zero-order valence-corrected chi connectivity index (χ0v) is 14.9. The molecule has 4 rings (SSSR count). The van der Waals surface area contributed by atoms with Crippen molar-refractivity contribution in [3.8, 4) is 0 Å². The summed E-state index contributed by atoms with van der Waals surface area (Å²) in [6.45, 7) is 6.62. The standard InChI is InChI=1S/C19H25N5O/c1-13(2)17(18-22-21-16-8-5-10-24(16)18)20-19(25)23-11-9-14-6-3-4-7-15(14)12-23/h3-4,6-7,13,17H,5,8-12H2,1-2H3,(H,20,25). The van der Waals surface area contributed by atoms with Gasteiger partial charge in [-0.1, -0.05) is 38.1 Å². The first-order valence-electron chi connectivity index (χ1n) is 9.17. The predicted octanol–water partition coefficient (Wildman–Crippen LogP) is 2.69. The second kappa shape index (κ2) is 6.50. The molecule has 1 N–H and O–H groups in total. The van der Waals surface area contributed by atoms with Gasteiger partial charge in [-0.3, -0.25) is 0 Å². The van der Waals surface area contributed by atoms with E-state index in [1.54, 1.807) is 0 Å². The summed E-state index contributed by atoms with van der Waals surface area (Å²) in [5, 5.41) is 11.9. The second-order valence-electron chi connectivity index (χ2n) is 7.34. The molecule has 1 unspecified atom stereocenters. The van der Waals surface area contributed by atoms with Gasteiger partial charge in [0.25, 0.3) is 0 Å². The van der Waals surface area contributed by atoms with E-state index in [4.69, 9.17) is 0 Å². The summed E-state index contributed by atoms with van der Waals surface area (Å²) in [7, 11) is 0. The predicted molar refractivity (Wildman–Crippen MR) is 95.0 cm³/mol. The number of aryl methyl sites for hydroxylation is 1. The van der Waals surface area contributed by atoms with Crippen molar-refractivity contribution in [2.24, 2.45) is 5.92 Å². The van der Waals surface area contributed by atoms with E-state index in [9.17, 15) is 4.79 Å². The lowest BCUT2D eigenvalue weighted by molar-refractivity contribution is 0.183. The van der Waals surface area contributed by atoms with Crippen LogP contribution < -0.4 is 5.32 Å². The van der Waals surface area contributed by atoms with E-state index in [0.717, 1.165) is 44.0 Å². The Balaban J connectivity index is 1.50. The highest BCUT2D eigenvalue weighted by atomic mass is 16.2. The van der Waals surface area contributed by atoms with E-state index >= 15 is 0 Å². The molecular formula is C19H25N5O. The Kier molecular flexibility index (Phi) is 4.19. The summed E-state index contributed by atoms with van der Waals surface area (Å²) in [6, 6.07) is 8.25.